The quantitative estimate of drug-likeness (QED) is 0.781. The molecule has 0 spiro atoms. The average Bonchev–Trinajstić information content (AvgIpc) is 2.08. The lowest BCUT2D eigenvalue weighted by Gasteiger charge is -2.26. The van der Waals surface area contributed by atoms with Crippen molar-refractivity contribution in [1.82, 2.24) is 0 Å². The summed E-state index contributed by atoms with van der Waals surface area (Å²) in [6.45, 7) is 0. The molecule has 1 aromatic carbocycles. The minimum Gasteiger partial charge on any atom is -0.486 e. The van der Waals surface area contributed by atoms with Crippen LogP contribution in [0.5, 0.6) is 5.75 Å². The number of hydrogen-bond donors (Lipinski definition) is 0. The van der Waals surface area contributed by atoms with E-state index in [1.807, 2.05) is 0 Å². The third-order valence-corrected chi connectivity index (χ3v) is 2.71. The van der Waals surface area contributed by atoms with Crippen molar-refractivity contribution in [1.29, 1.82) is 0 Å². The maximum Gasteiger partial charge on any atom is 0.156 e. The second-order valence-electron chi connectivity index (χ2n) is 3.24. The normalized spacial score (nSPS) is 16.6. The molecule has 1 saturated carbocycles. The van der Waals surface area contributed by atoms with Crippen LogP contribution in [-0.2, 0) is 4.79 Å². The van der Waals surface area contributed by atoms with Crippen molar-refractivity contribution in [2.75, 3.05) is 0 Å². The lowest BCUT2D eigenvalue weighted by molar-refractivity contribution is -0.129. The Morgan fingerprint density at radius 2 is 1.79 bits per heavy atom. The Labute approximate surface area is 91.8 Å². The van der Waals surface area contributed by atoms with Crippen LogP contribution < -0.4 is 4.74 Å². The molecule has 0 aromatic heterocycles. The number of para-hydroxylation sites is 1. The van der Waals surface area contributed by atoms with Crippen molar-refractivity contribution in [2.24, 2.45) is 0 Å². The van der Waals surface area contributed by atoms with E-state index in [-0.39, 0.29) is 11.9 Å². The Balaban J connectivity index is 2.12. The van der Waals surface area contributed by atoms with E-state index in [1.165, 1.54) is 0 Å². The number of hydrogen-bond acceptors (Lipinski definition) is 2. The van der Waals surface area contributed by atoms with Gasteiger partial charge < -0.3 is 4.74 Å². The van der Waals surface area contributed by atoms with Gasteiger partial charge in [-0.1, -0.05) is 29.3 Å². The van der Waals surface area contributed by atoms with Gasteiger partial charge in [-0.25, -0.2) is 0 Å². The number of halogens is 2. The molecule has 0 heterocycles. The summed E-state index contributed by atoms with van der Waals surface area (Å²) in [6.07, 6.45) is 0.864. The molecular weight excluding hydrogens is 223 g/mol. The van der Waals surface area contributed by atoms with E-state index in [0.717, 1.165) is 0 Å². The van der Waals surface area contributed by atoms with Gasteiger partial charge in [0, 0.05) is 12.8 Å². The van der Waals surface area contributed by atoms with Gasteiger partial charge >= 0.3 is 0 Å². The van der Waals surface area contributed by atoms with Gasteiger partial charge in [-0.15, -0.1) is 0 Å². The summed E-state index contributed by atoms with van der Waals surface area (Å²) in [5, 5.41) is 0.966. The molecule has 0 saturated heterocycles. The fourth-order valence-corrected chi connectivity index (χ4v) is 1.78. The van der Waals surface area contributed by atoms with Crippen LogP contribution in [0.15, 0.2) is 18.2 Å². The lowest BCUT2D eigenvalue weighted by Crippen LogP contribution is -2.33. The third-order valence-electron chi connectivity index (χ3n) is 2.11. The molecule has 74 valence electrons. The first-order valence-corrected chi connectivity index (χ1v) is 5.05. The molecule has 1 aliphatic carbocycles. The third kappa shape index (κ3) is 1.86. The summed E-state index contributed by atoms with van der Waals surface area (Å²) >= 11 is 11.8. The van der Waals surface area contributed by atoms with E-state index in [4.69, 9.17) is 27.9 Å². The van der Waals surface area contributed by atoms with Gasteiger partial charge in [0.25, 0.3) is 0 Å². The monoisotopic (exact) mass is 230 g/mol. The number of Topliss-reactive ketones (excluding diaryl/α,β-unsaturated/α-hetero) is 1. The molecule has 4 heteroatoms. The van der Waals surface area contributed by atoms with Gasteiger partial charge in [0.15, 0.2) is 5.75 Å². The van der Waals surface area contributed by atoms with Crippen LogP contribution in [0, 0.1) is 0 Å². The molecule has 14 heavy (non-hydrogen) atoms. The fourth-order valence-electron chi connectivity index (χ4n) is 1.29. The second kappa shape index (κ2) is 3.79. The van der Waals surface area contributed by atoms with E-state index in [0.29, 0.717) is 28.6 Å². The van der Waals surface area contributed by atoms with Gasteiger partial charge in [-0.2, -0.15) is 0 Å². The Bertz CT molecular complexity index is 348. The van der Waals surface area contributed by atoms with E-state index in [9.17, 15) is 4.79 Å². The number of carbonyl (C=O) groups is 1. The highest BCUT2D eigenvalue weighted by Gasteiger charge is 2.29. The lowest BCUT2D eigenvalue weighted by atomic mass is 9.94. The zero-order chi connectivity index (χ0) is 10.1. The first-order chi connectivity index (χ1) is 6.66. The van der Waals surface area contributed by atoms with Gasteiger partial charge in [0.1, 0.15) is 11.9 Å². The first-order valence-electron chi connectivity index (χ1n) is 4.29. The van der Waals surface area contributed by atoms with Crippen LogP contribution >= 0.6 is 23.2 Å². The maximum atomic E-state index is 10.7. The van der Waals surface area contributed by atoms with E-state index in [1.54, 1.807) is 18.2 Å². The largest absolute Gasteiger partial charge is 0.486 e. The van der Waals surface area contributed by atoms with Crippen molar-refractivity contribution < 1.29 is 9.53 Å². The van der Waals surface area contributed by atoms with Crippen LogP contribution in [-0.4, -0.2) is 11.9 Å². The molecule has 0 bridgehead atoms. The fraction of sp³-hybridized carbons (Fsp3) is 0.300. The van der Waals surface area contributed by atoms with Gasteiger partial charge in [-0.05, 0) is 12.1 Å². The van der Waals surface area contributed by atoms with Crippen molar-refractivity contribution in [3.05, 3.63) is 28.2 Å². The number of benzene rings is 1. The molecule has 1 aromatic rings. The van der Waals surface area contributed by atoms with Crippen LogP contribution in [0.2, 0.25) is 10.0 Å². The molecule has 0 aliphatic heterocycles. The van der Waals surface area contributed by atoms with Crippen molar-refractivity contribution in [3.8, 4) is 5.75 Å². The average molecular weight is 231 g/mol. The highest BCUT2D eigenvalue weighted by molar-refractivity contribution is 6.37. The smallest absolute Gasteiger partial charge is 0.156 e. The minimum absolute atomic E-state index is 0.0556. The highest BCUT2D eigenvalue weighted by atomic mass is 35.5. The van der Waals surface area contributed by atoms with Crippen LogP contribution in [0.1, 0.15) is 12.8 Å². The molecule has 2 rings (SSSR count). The Morgan fingerprint density at radius 3 is 2.29 bits per heavy atom. The molecule has 0 radical (unpaired) electrons. The second-order valence-corrected chi connectivity index (χ2v) is 4.05. The summed E-state index contributed by atoms with van der Waals surface area (Å²) < 4.78 is 5.50. The number of carbonyl (C=O) groups excluding carboxylic acids is 1. The van der Waals surface area contributed by atoms with E-state index in [2.05, 4.69) is 0 Å². The minimum atomic E-state index is -0.0556. The van der Waals surface area contributed by atoms with Crippen molar-refractivity contribution in [2.45, 2.75) is 18.9 Å². The van der Waals surface area contributed by atoms with E-state index < -0.39 is 0 Å². The molecule has 0 unspecified atom stereocenters. The van der Waals surface area contributed by atoms with Crippen LogP contribution in [0.25, 0.3) is 0 Å². The molecule has 1 fully saturated rings. The highest BCUT2D eigenvalue weighted by Crippen LogP contribution is 2.35. The summed E-state index contributed by atoms with van der Waals surface area (Å²) in [6, 6.07) is 5.18. The summed E-state index contributed by atoms with van der Waals surface area (Å²) in [7, 11) is 0. The topological polar surface area (TPSA) is 26.3 Å². The summed E-state index contributed by atoms with van der Waals surface area (Å²) in [4.78, 5) is 10.7. The first kappa shape index (κ1) is 9.81. The SMILES string of the molecule is O=C1CC(Oc2c(Cl)cccc2Cl)C1. The Hall–Kier alpha value is -0.730. The van der Waals surface area contributed by atoms with Gasteiger partial charge in [0.05, 0.1) is 10.0 Å². The van der Waals surface area contributed by atoms with Crippen LogP contribution in [0.3, 0.4) is 0 Å². The zero-order valence-electron chi connectivity index (χ0n) is 7.30. The predicted octanol–water partition coefficient (Wildman–Crippen LogP) is 3.10. The van der Waals surface area contributed by atoms with E-state index >= 15 is 0 Å². The van der Waals surface area contributed by atoms with Gasteiger partial charge in [0.2, 0.25) is 0 Å². The Kier molecular flexibility index (Phi) is 2.66. The van der Waals surface area contributed by atoms with Crippen LogP contribution in [0.4, 0.5) is 0 Å². The van der Waals surface area contributed by atoms with Crippen molar-refractivity contribution >= 4 is 29.0 Å². The number of rotatable bonds is 2. The molecular formula is C10H8Cl2O2. The summed E-state index contributed by atoms with van der Waals surface area (Å²) in [5.74, 6) is 0.700. The standard InChI is InChI=1S/C10H8Cl2O2/c11-8-2-1-3-9(12)10(8)14-7-4-6(13)5-7/h1-3,7H,4-5H2. The molecule has 0 amide bonds. The predicted molar refractivity (Wildman–Crippen MR) is 55.1 cm³/mol. The summed E-state index contributed by atoms with van der Waals surface area (Å²) in [5.41, 5.74) is 0. The molecule has 0 N–H and O–H groups in total. The molecule has 1 aliphatic rings. The Morgan fingerprint density at radius 1 is 1.21 bits per heavy atom. The number of ketones is 1. The molecule has 2 nitrogen and oxygen atoms in total. The van der Waals surface area contributed by atoms with Crippen molar-refractivity contribution in [3.63, 3.8) is 0 Å². The van der Waals surface area contributed by atoms with Gasteiger partial charge in [-0.3, -0.25) is 4.79 Å². The number of ether oxygens (including phenoxy) is 1. The molecule has 0 atom stereocenters. The zero-order valence-corrected chi connectivity index (χ0v) is 8.81. The maximum absolute atomic E-state index is 10.7.